The molecule has 0 radical (unpaired) electrons. The summed E-state index contributed by atoms with van der Waals surface area (Å²) >= 11 is 0. The number of carboxylic acids is 1. The maximum Gasteiger partial charge on any atom is 0.309 e. The van der Waals surface area contributed by atoms with Gasteiger partial charge in [0, 0.05) is 0 Å². The zero-order valence-corrected chi connectivity index (χ0v) is 9.76. The zero-order chi connectivity index (χ0) is 11.0. The van der Waals surface area contributed by atoms with E-state index in [-0.39, 0.29) is 5.41 Å². The van der Waals surface area contributed by atoms with Crippen molar-refractivity contribution in [1.29, 1.82) is 0 Å². The summed E-state index contributed by atoms with van der Waals surface area (Å²) < 4.78 is 0. The molecular weight excluding hydrogens is 176 g/mol. The lowest BCUT2D eigenvalue weighted by Gasteiger charge is -2.41. The van der Waals surface area contributed by atoms with Crippen LogP contribution in [0.25, 0.3) is 0 Å². The predicted octanol–water partition coefficient (Wildman–Crippen LogP) is 3.31. The topological polar surface area (TPSA) is 37.3 Å². The molecule has 0 amide bonds. The number of aliphatic carboxylic acids is 1. The first-order chi connectivity index (χ1) is 6.26. The highest BCUT2D eigenvalue weighted by Crippen LogP contribution is 2.46. The standard InChI is InChI=1S/C12H22O2/c1-11(2,3)9-6-5-7-12(4,8-9)10(13)14/h9H,5-8H2,1-4H3,(H,13,14). The van der Waals surface area contributed by atoms with Crippen molar-refractivity contribution < 1.29 is 9.90 Å². The molecule has 2 atom stereocenters. The summed E-state index contributed by atoms with van der Waals surface area (Å²) in [4.78, 5) is 11.1. The van der Waals surface area contributed by atoms with E-state index in [0.717, 1.165) is 19.3 Å². The third kappa shape index (κ3) is 2.28. The molecule has 0 aromatic heterocycles. The third-order valence-electron chi connectivity index (χ3n) is 3.72. The number of hydrogen-bond donors (Lipinski definition) is 1. The molecule has 82 valence electrons. The lowest BCUT2D eigenvalue weighted by atomic mass is 9.63. The zero-order valence-electron chi connectivity index (χ0n) is 9.76. The van der Waals surface area contributed by atoms with Crippen LogP contribution in [-0.2, 0) is 4.79 Å². The van der Waals surface area contributed by atoms with Crippen molar-refractivity contribution in [1.82, 2.24) is 0 Å². The molecule has 1 rings (SSSR count). The van der Waals surface area contributed by atoms with Crippen LogP contribution < -0.4 is 0 Å². The molecule has 2 heteroatoms. The Balaban J connectivity index is 2.74. The normalized spacial score (nSPS) is 34.1. The van der Waals surface area contributed by atoms with E-state index < -0.39 is 11.4 Å². The van der Waals surface area contributed by atoms with Crippen molar-refractivity contribution in [3.05, 3.63) is 0 Å². The van der Waals surface area contributed by atoms with Crippen LogP contribution in [0.2, 0.25) is 0 Å². The molecule has 2 unspecified atom stereocenters. The Labute approximate surface area is 86.7 Å². The molecule has 0 bridgehead atoms. The largest absolute Gasteiger partial charge is 0.481 e. The van der Waals surface area contributed by atoms with Crippen LogP contribution in [0.4, 0.5) is 0 Å². The predicted molar refractivity (Wildman–Crippen MR) is 57.2 cm³/mol. The van der Waals surface area contributed by atoms with Crippen molar-refractivity contribution in [2.75, 3.05) is 0 Å². The Morgan fingerprint density at radius 3 is 2.43 bits per heavy atom. The van der Waals surface area contributed by atoms with E-state index in [2.05, 4.69) is 20.8 Å². The summed E-state index contributed by atoms with van der Waals surface area (Å²) in [5.74, 6) is -0.0659. The van der Waals surface area contributed by atoms with E-state index in [1.54, 1.807) is 0 Å². The minimum absolute atomic E-state index is 0.247. The SMILES string of the molecule is CC1(C(=O)O)CCCC(C(C)(C)C)C1. The highest BCUT2D eigenvalue weighted by atomic mass is 16.4. The van der Waals surface area contributed by atoms with Gasteiger partial charge in [-0.25, -0.2) is 0 Å². The Morgan fingerprint density at radius 1 is 1.43 bits per heavy atom. The molecule has 1 fully saturated rings. The summed E-state index contributed by atoms with van der Waals surface area (Å²) in [6.07, 6.45) is 3.93. The summed E-state index contributed by atoms with van der Waals surface area (Å²) in [5, 5.41) is 9.18. The monoisotopic (exact) mass is 198 g/mol. The molecule has 0 aliphatic heterocycles. The van der Waals surface area contributed by atoms with Gasteiger partial charge in [0.25, 0.3) is 0 Å². The Morgan fingerprint density at radius 2 is 2.00 bits per heavy atom. The molecule has 0 saturated heterocycles. The van der Waals surface area contributed by atoms with Gasteiger partial charge < -0.3 is 5.11 Å². The van der Waals surface area contributed by atoms with Gasteiger partial charge in [-0.05, 0) is 37.5 Å². The van der Waals surface area contributed by atoms with E-state index in [9.17, 15) is 9.90 Å². The fourth-order valence-electron chi connectivity index (χ4n) is 2.42. The van der Waals surface area contributed by atoms with Gasteiger partial charge in [0.05, 0.1) is 5.41 Å². The molecule has 14 heavy (non-hydrogen) atoms. The van der Waals surface area contributed by atoms with Crippen molar-refractivity contribution in [3.8, 4) is 0 Å². The van der Waals surface area contributed by atoms with Gasteiger partial charge in [-0.2, -0.15) is 0 Å². The van der Waals surface area contributed by atoms with Crippen LogP contribution in [0.15, 0.2) is 0 Å². The fourth-order valence-corrected chi connectivity index (χ4v) is 2.42. The van der Waals surface area contributed by atoms with E-state index in [1.807, 2.05) is 6.92 Å². The quantitative estimate of drug-likeness (QED) is 0.701. The van der Waals surface area contributed by atoms with Gasteiger partial charge >= 0.3 is 5.97 Å². The number of carbonyl (C=O) groups is 1. The molecule has 1 aliphatic carbocycles. The molecular formula is C12H22O2. The van der Waals surface area contributed by atoms with Gasteiger partial charge in [-0.3, -0.25) is 4.79 Å². The summed E-state index contributed by atoms with van der Waals surface area (Å²) in [7, 11) is 0. The van der Waals surface area contributed by atoms with E-state index in [0.29, 0.717) is 5.92 Å². The Hall–Kier alpha value is -0.530. The molecule has 0 aromatic carbocycles. The van der Waals surface area contributed by atoms with Crippen LogP contribution in [-0.4, -0.2) is 11.1 Å². The second-order valence-electron chi connectivity index (χ2n) is 6.03. The maximum atomic E-state index is 11.1. The second-order valence-corrected chi connectivity index (χ2v) is 6.03. The van der Waals surface area contributed by atoms with Gasteiger partial charge in [0.2, 0.25) is 0 Å². The van der Waals surface area contributed by atoms with Crippen LogP contribution in [0.3, 0.4) is 0 Å². The average Bonchev–Trinajstić information content (AvgIpc) is 2.02. The summed E-state index contributed by atoms with van der Waals surface area (Å²) in [6.45, 7) is 8.54. The van der Waals surface area contributed by atoms with Crippen molar-refractivity contribution in [3.63, 3.8) is 0 Å². The maximum absolute atomic E-state index is 11.1. The van der Waals surface area contributed by atoms with Gasteiger partial charge in [0.1, 0.15) is 0 Å². The Bertz CT molecular complexity index is 227. The van der Waals surface area contributed by atoms with Gasteiger partial charge in [-0.15, -0.1) is 0 Å². The van der Waals surface area contributed by atoms with Crippen molar-refractivity contribution >= 4 is 5.97 Å². The number of carboxylic acid groups (broad SMARTS) is 1. The molecule has 2 nitrogen and oxygen atoms in total. The summed E-state index contributed by atoms with van der Waals surface area (Å²) in [5.41, 5.74) is -0.229. The number of rotatable bonds is 1. The summed E-state index contributed by atoms with van der Waals surface area (Å²) in [6, 6.07) is 0. The molecule has 0 heterocycles. The minimum atomic E-state index is -0.619. The second kappa shape index (κ2) is 3.56. The van der Waals surface area contributed by atoms with Crippen LogP contribution in [0.5, 0.6) is 0 Å². The lowest BCUT2D eigenvalue weighted by Crippen LogP contribution is -2.37. The first kappa shape index (κ1) is 11.5. The van der Waals surface area contributed by atoms with Crippen molar-refractivity contribution in [2.24, 2.45) is 16.7 Å². The van der Waals surface area contributed by atoms with Crippen LogP contribution in [0.1, 0.15) is 53.4 Å². The minimum Gasteiger partial charge on any atom is -0.481 e. The fraction of sp³-hybridized carbons (Fsp3) is 0.917. The van der Waals surface area contributed by atoms with E-state index >= 15 is 0 Å². The number of hydrogen-bond acceptors (Lipinski definition) is 1. The highest BCUT2D eigenvalue weighted by Gasteiger charge is 2.41. The first-order valence-electron chi connectivity index (χ1n) is 5.49. The van der Waals surface area contributed by atoms with Gasteiger partial charge in [0.15, 0.2) is 0 Å². The van der Waals surface area contributed by atoms with Crippen LogP contribution in [0, 0.1) is 16.7 Å². The molecule has 1 aliphatic rings. The lowest BCUT2D eigenvalue weighted by molar-refractivity contribution is -0.151. The molecule has 0 spiro atoms. The average molecular weight is 198 g/mol. The smallest absolute Gasteiger partial charge is 0.309 e. The molecule has 1 N–H and O–H groups in total. The third-order valence-corrected chi connectivity index (χ3v) is 3.72. The molecule has 0 aromatic rings. The van der Waals surface area contributed by atoms with Crippen molar-refractivity contribution in [2.45, 2.75) is 53.4 Å². The van der Waals surface area contributed by atoms with Crippen LogP contribution >= 0.6 is 0 Å². The first-order valence-corrected chi connectivity index (χ1v) is 5.49. The van der Waals surface area contributed by atoms with Gasteiger partial charge in [-0.1, -0.05) is 27.2 Å². The van der Waals surface area contributed by atoms with E-state index in [1.165, 1.54) is 6.42 Å². The Kier molecular flexibility index (Phi) is 2.93. The van der Waals surface area contributed by atoms with E-state index in [4.69, 9.17) is 0 Å². The highest BCUT2D eigenvalue weighted by molar-refractivity contribution is 5.74. The molecule has 1 saturated carbocycles.